The quantitative estimate of drug-likeness (QED) is 0.379. The Morgan fingerprint density at radius 3 is 1.29 bits per heavy atom. The van der Waals surface area contributed by atoms with Crippen molar-refractivity contribution in [1.29, 1.82) is 0 Å². The summed E-state index contributed by atoms with van der Waals surface area (Å²) in [6.45, 7) is 8.12. The van der Waals surface area contributed by atoms with Gasteiger partial charge in [0.15, 0.2) is 0 Å². The highest BCUT2D eigenvalue weighted by atomic mass is 32.2. The van der Waals surface area contributed by atoms with E-state index in [-0.39, 0.29) is 21.3 Å². The third-order valence-electron chi connectivity index (χ3n) is 5.09. The minimum atomic E-state index is -0.276. The van der Waals surface area contributed by atoms with Gasteiger partial charge in [-0.15, -0.1) is 0 Å². The van der Waals surface area contributed by atoms with Crippen LogP contribution in [-0.2, 0) is 21.1 Å². The largest absolute Gasteiger partial charge is 0.497 e. The van der Waals surface area contributed by atoms with Crippen LogP contribution in [-0.4, -0.2) is 35.5 Å². The zero-order valence-corrected chi connectivity index (χ0v) is 22.5. The Morgan fingerprint density at radius 2 is 1.00 bits per heavy atom. The molecule has 8 heteroatoms. The third kappa shape index (κ3) is 10.3. The van der Waals surface area contributed by atoms with Crippen molar-refractivity contribution in [3.05, 3.63) is 59.7 Å². The lowest BCUT2D eigenvalue weighted by molar-refractivity contribution is -0.129. The summed E-state index contributed by atoms with van der Waals surface area (Å²) in [5.74, 6) is 2.82. The van der Waals surface area contributed by atoms with Crippen molar-refractivity contribution in [2.45, 2.75) is 61.5 Å². The number of carbonyl (C=O) groups is 2. The topological polar surface area (TPSA) is 76.7 Å². The summed E-state index contributed by atoms with van der Waals surface area (Å²) in [6, 6.07) is 15.8. The molecule has 2 rings (SSSR count). The molecule has 2 N–H and O–H groups in total. The van der Waals surface area contributed by atoms with Crippen LogP contribution < -0.4 is 20.3 Å². The Balaban J connectivity index is 1.71. The molecule has 186 valence electrons. The van der Waals surface area contributed by atoms with Gasteiger partial charge >= 0.3 is 0 Å². The summed E-state index contributed by atoms with van der Waals surface area (Å²) < 4.78 is 9.82. The van der Waals surface area contributed by atoms with Gasteiger partial charge < -0.3 is 9.47 Å². The molecule has 0 bridgehead atoms. The number of thioether (sulfide) groups is 2. The summed E-state index contributed by atoms with van der Waals surface area (Å²) in [7, 11) is 3.29. The van der Waals surface area contributed by atoms with Crippen LogP contribution in [0.3, 0.4) is 0 Å². The van der Waals surface area contributed by atoms with Crippen molar-refractivity contribution in [3.8, 4) is 11.5 Å². The molecule has 0 spiro atoms. The molecule has 0 saturated heterocycles. The van der Waals surface area contributed by atoms with Gasteiger partial charge in [-0.3, -0.25) is 20.4 Å². The Bertz CT molecular complexity index is 851. The van der Waals surface area contributed by atoms with Crippen molar-refractivity contribution in [2.24, 2.45) is 0 Å². The molecule has 0 aliphatic carbocycles. The van der Waals surface area contributed by atoms with Gasteiger partial charge in [-0.25, -0.2) is 0 Å². The Labute approximate surface area is 211 Å². The summed E-state index contributed by atoms with van der Waals surface area (Å²) in [5, 5.41) is 0. The van der Waals surface area contributed by atoms with Crippen molar-refractivity contribution in [1.82, 2.24) is 10.9 Å². The Kier molecular flexibility index (Phi) is 10.6. The molecule has 0 unspecified atom stereocenters. The van der Waals surface area contributed by atoms with Crippen molar-refractivity contribution in [3.63, 3.8) is 0 Å². The monoisotopic (exact) mass is 504 g/mol. The van der Waals surface area contributed by atoms with E-state index in [9.17, 15) is 9.59 Å². The van der Waals surface area contributed by atoms with Gasteiger partial charge in [0, 0.05) is 33.8 Å². The second-order valence-corrected chi connectivity index (χ2v) is 12.6. The average Bonchev–Trinajstić information content (AvgIpc) is 2.80. The fourth-order valence-corrected chi connectivity index (χ4v) is 5.07. The fourth-order valence-electron chi connectivity index (χ4n) is 3.10. The van der Waals surface area contributed by atoms with E-state index in [0.29, 0.717) is 12.8 Å². The maximum Gasteiger partial charge on any atom is 0.239 e. The molecule has 2 amide bonds. The number of ether oxygens (including phenoxy) is 2. The van der Waals surface area contributed by atoms with E-state index in [4.69, 9.17) is 9.47 Å². The van der Waals surface area contributed by atoms with Crippen LogP contribution in [0.5, 0.6) is 11.5 Å². The molecular formula is C26H36N2O4S2. The van der Waals surface area contributed by atoms with E-state index in [1.165, 1.54) is 11.1 Å². The Hall–Kier alpha value is -2.32. The van der Waals surface area contributed by atoms with Gasteiger partial charge in [0.1, 0.15) is 11.5 Å². The number of benzene rings is 2. The molecular weight excluding hydrogens is 468 g/mol. The Morgan fingerprint density at radius 1 is 0.676 bits per heavy atom. The van der Waals surface area contributed by atoms with Crippen LogP contribution >= 0.6 is 23.5 Å². The van der Waals surface area contributed by atoms with Crippen LogP contribution in [0.1, 0.15) is 51.7 Å². The van der Waals surface area contributed by atoms with Gasteiger partial charge in [0.2, 0.25) is 11.8 Å². The second-order valence-electron chi connectivity index (χ2n) is 9.24. The lowest BCUT2D eigenvalue weighted by Gasteiger charge is -2.25. The maximum atomic E-state index is 12.4. The number of rotatable bonds is 12. The van der Waals surface area contributed by atoms with Gasteiger partial charge in [-0.2, -0.15) is 23.5 Å². The van der Waals surface area contributed by atoms with E-state index in [1.54, 1.807) is 37.7 Å². The first-order valence-electron chi connectivity index (χ1n) is 11.1. The molecule has 0 aliphatic rings. The van der Waals surface area contributed by atoms with Gasteiger partial charge in [0.05, 0.1) is 14.2 Å². The minimum absolute atomic E-state index is 0.204. The highest BCUT2D eigenvalue weighted by molar-refractivity contribution is 8.00. The number of amides is 2. The number of hydrogen-bond donors (Lipinski definition) is 2. The van der Waals surface area contributed by atoms with Crippen LogP contribution in [0.15, 0.2) is 48.5 Å². The number of hydrogen-bond acceptors (Lipinski definition) is 6. The first-order chi connectivity index (χ1) is 16.0. The van der Waals surface area contributed by atoms with E-state index < -0.39 is 0 Å². The number of carbonyl (C=O) groups excluding carboxylic acids is 2. The van der Waals surface area contributed by atoms with E-state index in [2.05, 4.69) is 10.9 Å². The standard InChI is InChI=1S/C26H36N2O4S2/c1-25(2,33-17-19-7-11-21(31-5)12-8-19)15-23(29)27-28-24(30)16-26(3,4)34-18-20-9-13-22(32-6)14-10-20/h7-14H,15-18H2,1-6H3,(H,27,29)(H,28,30). The summed E-state index contributed by atoms with van der Waals surface area (Å²) in [6.07, 6.45) is 0.591. The maximum absolute atomic E-state index is 12.4. The first kappa shape index (κ1) is 27.9. The van der Waals surface area contributed by atoms with Crippen LogP contribution in [0.25, 0.3) is 0 Å². The molecule has 0 atom stereocenters. The molecule has 2 aromatic rings. The van der Waals surface area contributed by atoms with Gasteiger partial charge in [0.25, 0.3) is 0 Å². The number of hydrazine groups is 1. The SMILES string of the molecule is COc1ccc(CSC(C)(C)CC(=O)NNC(=O)CC(C)(C)SCc2ccc(OC)cc2)cc1. The van der Waals surface area contributed by atoms with Crippen LogP contribution in [0.4, 0.5) is 0 Å². The predicted octanol–water partition coefficient (Wildman–Crippen LogP) is 5.36. The smallest absolute Gasteiger partial charge is 0.239 e. The predicted molar refractivity (Wildman–Crippen MR) is 142 cm³/mol. The average molecular weight is 505 g/mol. The van der Waals surface area contributed by atoms with E-state index >= 15 is 0 Å². The highest BCUT2D eigenvalue weighted by Crippen LogP contribution is 2.32. The number of methoxy groups -OCH3 is 2. The molecule has 6 nitrogen and oxygen atoms in total. The zero-order valence-electron chi connectivity index (χ0n) is 20.9. The van der Waals surface area contributed by atoms with Gasteiger partial charge in [-0.05, 0) is 35.4 Å². The molecule has 34 heavy (non-hydrogen) atoms. The summed E-state index contributed by atoms with van der Waals surface area (Å²) in [5.41, 5.74) is 7.48. The lowest BCUT2D eigenvalue weighted by Crippen LogP contribution is -2.45. The summed E-state index contributed by atoms with van der Waals surface area (Å²) in [4.78, 5) is 24.8. The normalized spacial score (nSPS) is 11.6. The molecule has 0 saturated carbocycles. The lowest BCUT2D eigenvalue weighted by atomic mass is 10.1. The highest BCUT2D eigenvalue weighted by Gasteiger charge is 2.25. The zero-order chi connectivity index (χ0) is 25.2. The summed E-state index contributed by atoms with van der Waals surface area (Å²) >= 11 is 3.40. The molecule has 0 aliphatic heterocycles. The third-order valence-corrected chi connectivity index (χ3v) is 7.90. The minimum Gasteiger partial charge on any atom is -0.497 e. The molecule has 2 aromatic carbocycles. The fraction of sp³-hybridized carbons (Fsp3) is 0.462. The molecule has 0 fully saturated rings. The van der Waals surface area contributed by atoms with Crippen molar-refractivity contribution in [2.75, 3.05) is 14.2 Å². The van der Waals surface area contributed by atoms with Crippen LogP contribution in [0.2, 0.25) is 0 Å². The van der Waals surface area contributed by atoms with Crippen LogP contribution in [0, 0.1) is 0 Å². The van der Waals surface area contributed by atoms with E-state index in [0.717, 1.165) is 23.0 Å². The molecule has 0 heterocycles. The molecule has 0 radical (unpaired) electrons. The van der Waals surface area contributed by atoms with E-state index in [1.807, 2.05) is 76.2 Å². The van der Waals surface area contributed by atoms with Crippen molar-refractivity contribution < 1.29 is 19.1 Å². The van der Waals surface area contributed by atoms with Gasteiger partial charge in [-0.1, -0.05) is 52.0 Å². The number of nitrogens with one attached hydrogen (secondary N) is 2. The first-order valence-corrected chi connectivity index (χ1v) is 13.1. The van der Waals surface area contributed by atoms with Crippen molar-refractivity contribution >= 4 is 35.3 Å². The second kappa shape index (κ2) is 13.0. The molecule has 0 aromatic heterocycles.